The Labute approximate surface area is 94.7 Å². The van der Waals surface area contributed by atoms with Gasteiger partial charge >= 0.3 is 0 Å². The van der Waals surface area contributed by atoms with Crippen LogP contribution in [-0.2, 0) is 6.42 Å². The molecule has 2 rings (SSSR count). The molecule has 0 fully saturated rings. The van der Waals surface area contributed by atoms with Gasteiger partial charge in [0.05, 0.1) is 0 Å². The van der Waals surface area contributed by atoms with E-state index >= 15 is 0 Å². The van der Waals surface area contributed by atoms with Crippen LogP contribution in [0.5, 0.6) is 0 Å². The minimum Gasteiger partial charge on any atom is -0.330 e. The van der Waals surface area contributed by atoms with Gasteiger partial charge in [-0.1, -0.05) is 36.4 Å². The predicted octanol–water partition coefficient (Wildman–Crippen LogP) is 2.99. The van der Waals surface area contributed by atoms with Crippen LogP contribution in [-0.4, -0.2) is 6.54 Å². The summed E-state index contributed by atoms with van der Waals surface area (Å²) in [7, 11) is 0. The lowest BCUT2D eigenvalue weighted by molar-refractivity contribution is 0.628. The van der Waals surface area contributed by atoms with Crippen molar-refractivity contribution < 1.29 is 4.39 Å². The van der Waals surface area contributed by atoms with Crippen LogP contribution in [0.1, 0.15) is 5.56 Å². The van der Waals surface area contributed by atoms with Gasteiger partial charge in [0, 0.05) is 0 Å². The van der Waals surface area contributed by atoms with E-state index in [2.05, 4.69) is 6.07 Å². The third kappa shape index (κ3) is 2.47. The number of halogens is 1. The van der Waals surface area contributed by atoms with Crippen molar-refractivity contribution in [3.05, 3.63) is 59.9 Å². The maximum absolute atomic E-state index is 13.1. The molecular weight excluding hydrogens is 201 g/mol. The van der Waals surface area contributed by atoms with E-state index in [9.17, 15) is 4.39 Å². The first-order chi connectivity index (χ1) is 7.79. The zero-order valence-corrected chi connectivity index (χ0v) is 8.99. The van der Waals surface area contributed by atoms with Crippen molar-refractivity contribution in [3.63, 3.8) is 0 Å². The first kappa shape index (κ1) is 10.8. The lowest BCUT2D eigenvalue weighted by Crippen LogP contribution is -2.02. The molecule has 0 aliphatic carbocycles. The van der Waals surface area contributed by atoms with Crippen molar-refractivity contribution in [1.29, 1.82) is 0 Å². The van der Waals surface area contributed by atoms with Crippen molar-refractivity contribution >= 4 is 0 Å². The van der Waals surface area contributed by atoms with Gasteiger partial charge in [-0.3, -0.25) is 0 Å². The normalized spacial score (nSPS) is 10.4. The zero-order chi connectivity index (χ0) is 11.4. The van der Waals surface area contributed by atoms with E-state index in [0.717, 1.165) is 17.5 Å². The third-order valence-electron chi connectivity index (χ3n) is 2.52. The van der Waals surface area contributed by atoms with Gasteiger partial charge in [0.15, 0.2) is 0 Å². The molecule has 0 aliphatic rings. The molecule has 0 atom stereocenters. The summed E-state index contributed by atoms with van der Waals surface area (Å²) >= 11 is 0. The third-order valence-corrected chi connectivity index (χ3v) is 2.52. The maximum Gasteiger partial charge on any atom is 0.123 e. The summed E-state index contributed by atoms with van der Waals surface area (Å²) in [5, 5.41) is 0. The molecule has 2 N–H and O–H groups in total. The summed E-state index contributed by atoms with van der Waals surface area (Å²) in [4.78, 5) is 0. The Bertz CT molecular complexity index is 480. The fourth-order valence-electron chi connectivity index (χ4n) is 1.74. The summed E-state index contributed by atoms with van der Waals surface area (Å²) in [6, 6.07) is 14.7. The Balaban J connectivity index is 2.36. The van der Waals surface area contributed by atoms with E-state index in [4.69, 9.17) is 5.73 Å². The van der Waals surface area contributed by atoms with Crippen LogP contribution < -0.4 is 5.73 Å². The summed E-state index contributed by atoms with van der Waals surface area (Å²) in [5.41, 5.74) is 8.63. The van der Waals surface area contributed by atoms with Gasteiger partial charge < -0.3 is 5.73 Å². The van der Waals surface area contributed by atoms with Crippen molar-refractivity contribution in [2.45, 2.75) is 6.42 Å². The first-order valence-corrected chi connectivity index (χ1v) is 5.34. The monoisotopic (exact) mass is 215 g/mol. The Morgan fingerprint density at radius 2 is 1.62 bits per heavy atom. The second-order valence-electron chi connectivity index (χ2n) is 3.75. The van der Waals surface area contributed by atoms with Gasteiger partial charge in [-0.05, 0) is 41.8 Å². The molecule has 0 unspecified atom stereocenters. The zero-order valence-electron chi connectivity index (χ0n) is 8.99. The summed E-state index contributed by atoms with van der Waals surface area (Å²) < 4.78 is 13.1. The van der Waals surface area contributed by atoms with Crippen LogP contribution in [0, 0.1) is 5.82 Å². The Hall–Kier alpha value is -1.67. The Morgan fingerprint density at radius 3 is 2.31 bits per heavy atom. The molecule has 2 heteroatoms. The van der Waals surface area contributed by atoms with Crippen LogP contribution >= 0.6 is 0 Å². The molecule has 0 spiro atoms. The molecule has 0 amide bonds. The minimum absolute atomic E-state index is 0.207. The van der Waals surface area contributed by atoms with Gasteiger partial charge in [-0.15, -0.1) is 0 Å². The van der Waals surface area contributed by atoms with E-state index in [1.807, 2.05) is 24.3 Å². The SMILES string of the molecule is NCCc1cccc(-c2cccc(F)c2)c1. The molecule has 0 aliphatic heterocycles. The molecule has 0 heterocycles. The van der Waals surface area contributed by atoms with Crippen molar-refractivity contribution in [2.75, 3.05) is 6.54 Å². The number of hydrogen-bond acceptors (Lipinski definition) is 1. The molecule has 0 saturated heterocycles. The highest BCUT2D eigenvalue weighted by atomic mass is 19.1. The van der Waals surface area contributed by atoms with Gasteiger partial charge in [-0.2, -0.15) is 0 Å². The van der Waals surface area contributed by atoms with E-state index in [1.165, 1.54) is 11.6 Å². The minimum atomic E-state index is -0.207. The standard InChI is InChI=1S/C14H14FN/c15-14-6-2-5-13(10-14)12-4-1-3-11(9-12)7-8-16/h1-6,9-10H,7-8,16H2. The molecule has 2 aromatic rings. The van der Waals surface area contributed by atoms with Gasteiger partial charge in [-0.25, -0.2) is 4.39 Å². The highest BCUT2D eigenvalue weighted by Gasteiger charge is 2.00. The van der Waals surface area contributed by atoms with E-state index in [0.29, 0.717) is 6.54 Å². The molecular formula is C14H14FN. The van der Waals surface area contributed by atoms with Crippen LogP contribution in [0.25, 0.3) is 11.1 Å². The lowest BCUT2D eigenvalue weighted by Gasteiger charge is -2.04. The Kier molecular flexibility index (Phi) is 3.32. The fraction of sp³-hybridized carbons (Fsp3) is 0.143. The van der Waals surface area contributed by atoms with Crippen LogP contribution in [0.4, 0.5) is 4.39 Å². The molecule has 0 radical (unpaired) electrons. The van der Waals surface area contributed by atoms with Crippen LogP contribution in [0.2, 0.25) is 0 Å². The van der Waals surface area contributed by atoms with Crippen molar-refractivity contribution in [3.8, 4) is 11.1 Å². The summed E-state index contributed by atoms with van der Waals surface area (Å²) in [5.74, 6) is -0.207. The first-order valence-electron chi connectivity index (χ1n) is 5.34. The van der Waals surface area contributed by atoms with Gasteiger partial charge in [0.25, 0.3) is 0 Å². The van der Waals surface area contributed by atoms with Gasteiger partial charge in [0.1, 0.15) is 5.82 Å². The van der Waals surface area contributed by atoms with Crippen LogP contribution in [0.15, 0.2) is 48.5 Å². The molecule has 1 nitrogen and oxygen atoms in total. The van der Waals surface area contributed by atoms with Crippen molar-refractivity contribution in [2.24, 2.45) is 5.73 Å². The highest BCUT2D eigenvalue weighted by molar-refractivity contribution is 5.64. The predicted molar refractivity (Wildman–Crippen MR) is 64.6 cm³/mol. The van der Waals surface area contributed by atoms with Gasteiger partial charge in [0.2, 0.25) is 0 Å². The molecule has 16 heavy (non-hydrogen) atoms. The second-order valence-corrected chi connectivity index (χ2v) is 3.75. The highest BCUT2D eigenvalue weighted by Crippen LogP contribution is 2.21. The maximum atomic E-state index is 13.1. The van der Waals surface area contributed by atoms with E-state index in [-0.39, 0.29) is 5.82 Å². The average Bonchev–Trinajstić information content (AvgIpc) is 2.30. The lowest BCUT2D eigenvalue weighted by atomic mass is 10.0. The Morgan fingerprint density at radius 1 is 0.938 bits per heavy atom. The molecule has 0 saturated carbocycles. The van der Waals surface area contributed by atoms with E-state index in [1.54, 1.807) is 12.1 Å². The quantitative estimate of drug-likeness (QED) is 0.836. The van der Waals surface area contributed by atoms with E-state index < -0.39 is 0 Å². The number of benzene rings is 2. The fourth-order valence-corrected chi connectivity index (χ4v) is 1.74. The number of nitrogens with two attached hydrogens (primary N) is 1. The molecule has 82 valence electrons. The second kappa shape index (κ2) is 4.90. The number of hydrogen-bond donors (Lipinski definition) is 1. The van der Waals surface area contributed by atoms with Crippen molar-refractivity contribution in [1.82, 2.24) is 0 Å². The number of rotatable bonds is 3. The molecule has 2 aromatic carbocycles. The molecule has 0 aromatic heterocycles. The smallest absolute Gasteiger partial charge is 0.123 e. The summed E-state index contributed by atoms with van der Waals surface area (Å²) in [6.07, 6.45) is 0.850. The van der Waals surface area contributed by atoms with Crippen LogP contribution in [0.3, 0.4) is 0 Å². The largest absolute Gasteiger partial charge is 0.330 e. The molecule has 0 bridgehead atoms. The average molecular weight is 215 g/mol. The topological polar surface area (TPSA) is 26.0 Å². The summed E-state index contributed by atoms with van der Waals surface area (Å²) in [6.45, 7) is 0.632.